The maximum atomic E-state index is 13.6. The highest BCUT2D eigenvalue weighted by molar-refractivity contribution is 5.59. The van der Waals surface area contributed by atoms with E-state index in [1.165, 1.54) is 12.1 Å². The lowest BCUT2D eigenvalue weighted by molar-refractivity contribution is 0.266. The van der Waals surface area contributed by atoms with Crippen molar-refractivity contribution in [3.63, 3.8) is 0 Å². The van der Waals surface area contributed by atoms with Crippen molar-refractivity contribution in [2.75, 3.05) is 73.0 Å². The van der Waals surface area contributed by atoms with E-state index in [1.54, 1.807) is 0 Å². The lowest BCUT2D eigenvalue weighted by Gasteiger charge is -2.35. The largest absolute Gasteiger partial charge is 0.394 e. The quantitative estimate of drug-likeness (QED) is 0.516. The topological polar surface area (TPSA) is 97.0 Å². The molecule has 1 aromatic heterocycles. The zero-order valence-corrected chi connectivity index (χ0v) is 21.1. The van der Waals surface area contributed by atoms with E-state index in [-0.39, 0.29) is 18.6 Å². The Morgan fingerprint density at radius 1 is 1.05 bits per heavy atom. The van der Waals surface area contributed by atoms with Gasteiger partial charge in [0, 0.05) is 69.3 Å². The van der Waals surface area contributed by atoms with Gasteiger partial charge in [0.25, 0.3) is 0 Å². The molecule has 4 heterocycles. The van der Waals surface area contributed by atoms with Gasteiger partial charge in [-0.25, -0.2) is 14.2 Å². The Labute approximate surface area is 215 Å². The average Bonchev–Trinajstić information content (AvgIpc) is 3.50. The number of aliphatic hydroxyl groups is 1. The molecule has 9 nitrogen and oxygen atoms in total. The standard InChI is InChI=1S/C26H34F2N8O/c1-18-19(4-2-6-33-8-10-34(11-9-33)23-13-20(27)12-21(28)14-23)16-30-36(18)25-15-24(31-26(29)32-25)35-7-3-5-22(35)17-37/h2,4,12-15,22,30,37H,3,5-11,16-17H2,1H3,(H2,29,31,32)/b4-2+/t22-/m0/s1. The molecule has 2 saturated heterocycles. The van der Waals surface area contributed by atoms with E-state index in [4.69, 9.17) is 5.73 Å². The smallest absolute Gasteiger partial charge is 0.224 e. The first kappa shape index (κ1) is 25.4. The lowest BCUT2D eigenvalue weighted by atomic mass is 10.2. The normalized spacial score (nSPS) is 21.2. The van der Waals surface area contributed by atoms with Crippen molar-refractivity contribution in [3.8, 4) is 0 Å². The molecule has 198 valence electrons. The van der Waals surface area contributed by atoms with Gasteiger partial charge in [-0.15, -0.1) is 0 Å². The Hall–Kier alpha value is -3.28. The molecule has 4 N–H and O–H groups in total. The zero-order valence-electron chi connectivity index (χ0n) is 21.1. The molecule has 2 aromatic rings. The molecule has 0 bridgehead atoms. The molecular weight excluding hydrogens is 478 g/mol. The van der Waals surface area contributed by atoms with Crippen molar-refractivity contribution in [1.82, 2.24) is 20.3 Å². The van der Waals surface area contributed by atoms with Gasteiger partial charge in [-0.05, 0) is 37.5 Å². The molecule has 2 fully saturated rings. The van der Waals surface area contributed by atoms with Crippen molar-refractivity contribution in [1.29, 1.82) is 0 Å². The number of nitrogens with two attached hydrogens (primary N) is 1. The number of allylic oxidation sites excluding steroid dienone is 1. The van der Waals surface area contributed by atoms with Gasteiger partial charge in [0.2, 0.25) is 5.95 Å². The minimum atomic E-state index is -0.547. The second-order valence-electron chi connectivity index (χ2n) is 9.71. The second kappa shape index (κ2) is 11.0. The molecule has 1 aromatic carbocycles. The Bertz CT molecular complexity index is 1160. The van der Waals surface area contributed by atoms with Crippen LogP contribution < -0.4 is 26.0 Å². The molecule has 5 rings (SSSR count). The fourth-order valence-electron chi connectivity index (χ4n) is 5.27. The number of benzene rings is 1. The molecular formula is C26H34F2N8O. The first-order valence-electron chi connectivity index (χ1n) is 12.8. The molecule has 1 atom stereocenters. The van der Waals surface area contributed by atoms with Crippen molar-refractivity contribution < 1.29 is 13.9 Å². The average molecular weight is 513 g/mol. The Balaban J connectivity index is 1.19. The molecule has 0 saturated carbocycles. The van der Waals surface area contributed by atoms with Crippen LogP contribution in [0.2, 0.25) is 0 Å². The van der Waals surface area contributed by atoms with Crippen LogP contribution in [0.25, 0.3) is 0 Å². The van der Waals surface area contributed by atoms with Gasteiger partial charge >= 0.3 is 0 Å². The molecule has 0 radical (unpaired) electrons. The van der Waals surface area contributed by atoms with Crippen molar-refractivity contribution in [2.45, 2.75) is 25.8 Å². The highest BCUT2D eigenvalue weighted by Crippen LogP contribution is 2.29. The van der Waals surface area contributed by atoms with Crippen LogP contribution in [0.3, 0.4) is 0 Å². The molecule has 3 aliphatic rings. The monoisotopic (exact) mass is 512 g/mol. The summed E-state index contributed by atoms with van der Waals surface area (Å²) in [6.07, 6.45) is 6.23. The number of aliphatic hydroxyl groups excluding tert-OH is 1. The molecule has 0 unspecified atom stereocenters. The van der Waals surface area contributed by atoms with Crippen molar-refractivity contribution in [2.24, 2.45) is 0 Å². The highest BCUT2D eigenvalue weighted by Gasteiger charge is 2.27. The molecule has 0 spiro atoms. The summed E-state index contributed by atoms with van der Waals surface area (Å²) in [5.41, 5.74) is 12.2. The number of nitrogens with one attached hydrogen (secondary N) is 1. The van der Waals surface area contributed by atoms with E-state index in [2.05, 4.69) is 37.3 Å². The van der Waals surface area contributed by atoms with Gasteiger partial charge in [-0.3, -0.25) is 9.91 Å². The number of anilines is 4. The first-order valence-corrected chi connectivity index (χ1v) is 12.8. The Morgan fingerprint density at radius 3 is 2.51 bits per heavy atom. The Kier molecular flexibility index (Phi) is 7.54. The fourth-order valence-corrected chi connectivity index (χ4v) is 5.27. The summed E-state index contributed by atoms with van der Waals surface area (Å²) >= 11 is 0. The van der Waals surface area contributed by atoms with Crippen LogP contribution in [-0.2, 0) is 0 Å². The molecule has 0 aliphatic carbocycles. The summed E-state index contributed by atoms with van der Waals surface area (Å²) in [5.74, 6) is 0.522. The van der Waals surface area contributed by atoms with E-state index in [0.717, 1.165) is 75.3 Å². The van der Waals surface area contributed by atoms with E-state index < -0.39 is 11.6 Å². The van der Waals surface area contributed by atoms with Crippen LogP contribution in [0.4, 0.5) is 32.1 Å². The number of nitrogens with zero attached hydrogens (tertiary/aromatic N) is 6. The van der Waals surface area contributed by atoms with E-state index in [1.807, 2.05) is 22.9 Å². The van der Waals surface area contributed by atoms with E-state index in [0.29, 0.717) is 18.1 Å². The van der Waals surface area contributed by atoms with Crippen LogP contribution in [-0.4, -0.2) is 78.4 Å². The third kappa shape index (κ3) is 5.68. The number of nitrogen functional groups attached to an aromatic ring is 1. The van der Waals surface area contributed by atoms with Gasteiger partial charge in [0.05, 0.1) is 12.6 Å². The van der Waals surface area contributed by atoms with E-state index >= 15 is 0 Å². The third-order valence-corrected chi connectivity index (χ3v) is 7.32. The summed E-state index contributed by atoms with van der Waals surface area (Å²) in [6.45, 7) is 7.52. The summed E-state index contributed by atoms with van der Waals surface area (Å²) in [7, 11) is 0. The second-order valence-corrected chi connectivity index (χ2v) is 9.71. The van der Waals surface area contributed by atoms with Crippen LogP contribution >= 0.6 is 0 Å². The van der Waals surface area contributed by atoms with Gasteiger partial charge in [0.15, 0.2) is 5.82 Å². The van der Waals surface area contributed by atoms with Crippen LogP contribution in [0.1, 0.15) is 19.8 Å². The van der Waals surface area contributed by atoms with Gasteiger partial charge in [-0.1, -0.05) is 12.2 Å². The molecule has 37 heavy (non-hydrogen) atoms. The third-order valence-electron chi connectivity index (χ3n) is 7.32. The summed E-state index contributed by atoms with van der Waals surface area (Å²) in [6, 6.07) is 5.64. The summed E-state index contributed by atoms with van der Waals surface area (Å²) < 4.78 is 27.1. The number of hydrazine groups is 1. The summed E-state index contributed by atoms with van der Waals surface area (Å²) in [5, 5.41) is 11.6. The zero-order chi connectivity index (χ0) is 25.9. The number of hydrogen-bond acceptors (Lipinski definition) is 9. The van der Waals surface area contributed by atoms with Gasteiger partial charge < -0.3 is 20.6 Å². The van der Waals surface area contributed by atoms with Crippen molar-refractivity contribution >= 4 is 23.3 Å². The van der Waals surface area contributed by atoms with Crippen LogP contribution in [0.5, 0.6) is 0 Å². The first-order chi connectivity index (χ1) is 17.9. The summed E-state index contributed by atoms with van der Waals surface area (Å²) in [4.78, 5) is 15.3. The Morgan fingerprint density at radius 2 is 1.78 bits per heavy atom. The van der Waals surface area contributed by atoms with Crippen LogP contribution in [0.15, 0.2) is 47.7 Å². The predicted molar refractivity (Wildman–Crippen MR) is 141 cm³/mol. The van der Waals surface area contributed by atoms with E-state index in [9.17, 15) is 13.9 Å². The predicted octanol–water partition coefficient (Wildman–Crippen LogP) is 2.28. The molecule has 11 heteroatoms. The fraction of sp³-hybridized carbons (Fsp3) is 0.462. The molecule has 0 amide bonds. The SMILES string of the molecule is CC1=C(/C=C/CN2CCN(c3cc(F)cc(F)c3)CC2)CNN1c1cc(N2CCC[C@H]2CO)nc(N)n1. The minimum absolute atomic E-state index is 0.0562. The lowest BCUT2D eigenvalue weighted by Crippen LogP contribution is -2.46. The minimum Gasteiger partial charge on any atom is -0.394 e. The number of halogens is 2. The number of aromatic nitrogens is 2. The van der Waals surface area contributed by atoms with Crippen LogP contribution in [0, 0.1) is 11.6 Å². The maximum absolute atomic E-state index is 13.6. The highest BCUT2D eigenvalue weighted by atomic mass is 19.1. The van der Waals surface area contributed by atoms with Gasteiger partial charge in [0.1, 0.15) is 17.5 Å². The number of hydrogen-bond donors (Lipinski definition) is 3. The maximum Gasteiger partial charge on any atom is 0.224 e. The number of rotatable bonds is 7. The molecule has 3 aliphatic heterocycles. The van der Waals surface area contributed by atoms with Crippen molar-refractivity contribution in [3.05, 3.63) is 59.3 Å². The van der Waals surface area contributed by atoms with Gasteiger partial charge in [-0.2, -0.15) is 9.97 Å². The number of piperazine rings is 1.